The van der Waals surface area contributed by atoms with Gasteiger partial charge >= 0.3 is 0 Å². The van der Waals surface area contributed by atoms with Gasteiger partial charge in [-0.15, -0.1) is 6.42 Å². The molecule has 8 nitrogen and oxygen atoms in total. The highest BCUT2D eigenvalue weighted by Crippen LogP contribution is 2.35. The standard InChI is InChI=1S/C26H29N3O5/c1-3-19-8-7-9-20(14-19)29-26-22-15-24(34-13-12-32-2)25(16-23(22)27-18-28-26)33-11-6-4-5-10-21(31)17-30/h1,7-9,14-16,18,30H,4-6,10-13,17H2,2H3,(H,27,28,29). The summed E-state index contributed by atoms with van der Waals surface area (Å²) in [6.45, 7) is 0.867. The second kappa shape index (κ2) is 13.1. The Hall–Kier alpha value is -3.67. The van der Waals surface area contributed by atoms with Crippen LogP contribution in [0.3, 0.4) is 0 Å². The zero-order valence-corrected chi connectivity index (χ0v) is 19.3. The van der Waals surface area contributed by atoms with Crippen molar-refractivity contribution in [1.82, 2.24) is 9.97 Å². The molecule has 0 fully saturated rings. The molecule has 3 rings (SSSR count). The summed E-state index contributed by atoms with van der Waals surface area (Å²) < 4.78 is 17.0. The number of carbonyl (C=O) groups excluding carboxylic acids is 1. The number of terminal acetylenes is 1. The van der Waals surface area contributed by atoms with Crippen LogP contribution in [0.25, 0.3) is 10.9 Å². The molecule has 1 heterocycles. The van der Waals surface area contributed by atoms with E-state index < -0.39 is 6.61 Å². The van der Waals surface area contributed by atoms with Gasteiger partial charge in [-0.25, -0.2) is 9.97 Å². The van der Waals surface area contributed by atoms with Crippen molar-refractivity contribution < 1.29 is 24.1 Å². The molecule has 0 radical (unpaired) electrons. The number of anilines is 2. The summed E-state index contributed by atoms with van der Waals surface area (Å²) in [7, 11) is 1.61. The normalized spacial score (nSPS) is 10.6. The number of aliphatic hydroxyl groups is 1. The first-order valence-electron chi connectivity index (χ1n) is 11.1. The van der Waals surface area contributed by atoms with Gasteiger partial charge in [-0.1, -0.05) is 12.0 Å². The lowest BCUT2D eigenvalue weighted by Gasteiger charge is -2.15. The summed E-state index contributed by atoms with van der Waals surface area (Å²) in [6.07, 6.45) is 9.71. The van der Waals surface area contributed by atoms with Crippen molar-refractivity contribution in [3.8, 4) is 23.8 Å². The molecule has 0 unspecified atom stereocenters. The Morgan fingerprint density at radius 1 is 1.06 bits per heavy atom. The third-order valence-corrected chi connectivity index (χ3v) is 5.07. The maximum atomic E-state index is 11.2. The van der Waals surface area contributed by atoms with Gasteiger partial charge < -0.3 is 24.6 Å². The predicted octanol–water partition coefficient (Wildman–Crippen LogP) is 3.88. The quantitative estimate of drug-likeness (QED) is 0.274. The van der Waals surface area contributed by atoms with Crippen molar-refractivity contribution in [1.29, 1.82) is 0 Å². The first-order valence-corrected chi connectivity index (χ1v) is 11.1. The molecule has 3 aromatic rings. The molecule has 0 saturated heterocycles. The number of nitrogens with one attached hydrogen (secondary N) is 1. The van der Waals surface area contributed by atoms with Gasteiger partial charge in [0.25, 0.3) is 0 Å². The van der Waals surface area contributed by atoms with Crippen molar-refractivity contribution in [3.63, 3.8) is 0 Å². The summed E-state index contributed by atoms with van der Waals surface area (Å²) >= 11 is 0. The van der Waals surface area contributed by atoms with Crippen molar-refractivity contribution in [2.75, 3.05) is 38.9 Å². The van der Waals surface area contributed by atoms with Crippen LogP contribution in [0, 0.1) is 12.3 Å². The number of fused-ring (bicyclic) bond motifs is 1. The van der Waals surface area contributed by atoms with Gasteiger partial charge in [-0.05, 0) is 43.5 Å². The highest BCUT2D eigenvalue weighted by atomic mass is 16.5. The average molecular weight is 464 g/mol. The number of benzene rings is 2. The molecular weight excluding hydrogens is 434 g/mol. The van der Waals surface area contributed by atoms with Gasteiger partial charge in [0.1, 0.15) is 25.4 Å². The number of aromatic nitrogens is 2. The largest absolute Gasteiger partial charge is 0.490 e. The van der Waals surface area contributed by atoms with E-state index in [9.17, 15) is 4.79 Å². The fraction of sp³-hybridized carbons (Fsp3) is 0.346. The van der Waals surface area contributed by atoms with Crippen LogP contribution in [-0.2, 0) is 9.53 Å². The van der Waals surface area contributed by atoms with Crippen molar-refractivity contribution in [3.05, 3.63) is 48.3 Å². The molecule has 34 heavy (non-hydrogen) atoms. The van der Waals surface area contributed by atoms with Crippen molar-refractivity contribution in [2.45, 2.75) is 25.7 Å². The number of carbonyl (C=O) groups is 1. The first-order chi connectivity index (χ1) is 16.6. The summed E-state index contributed by atoms with van der Waals surface area (Å²) in [6, 6.07) is 11.2. The molecule has 0 saturated carbocycles. The van der Waals surface area contributed by atoms with Gasteiger partial charge in [0, 0.05) is 36.2 Å². The molecule has 0 atom stereocenters. The Kier molecular flexibility index (Phi) is 9.65. The van der Waals surface area contributed by atoms with Crippen LogP contribution >= 0.6 is 0 Å². The first kappa shape index (κ1) is 25.0. The van der Waals surface area contributed by atoms with Crippen molar-refractivity contribution >= 4 is 28.2 Å². The highest BCUT2D eigenvalue weighted by molar-refractivity contribution is 5.93. The number of aliphatic hydroxyl groups excluding tert-OH is 1. The lowest BCUT2D eigenvalue weighted by atomic mass is 10.1. The lowest BCUT2D eigenvalue weighted by molar-refractivity contribution is -0.121. The van der Waals surface area contributed by atoms with Crippen LogP contribution < -0.4 is 14.8 Å². The maximum Gasteiger partial charge on any atom is 0.163 e. The molecule has 0 aliphatic rings. The van der Waals surface area contributed by atoms with E-state index in [1.165, 1.54) is 6.33 Å². The third kappa shape index (κ3) is 7.17. The molecule has 0 bridgehead atoms. The van der Waals surface area contributed by atoms with Gasteiger partial charge in [0.2, 0.25) is 0 Å². The fourth-order valence-corrected chi connectivity index (χ4v) is 3.31. The molecule has 0 amide bonds. The van der Waals surface area contributed by atoms with E-state index in [0.29, 0.717) is 49.1 Å². The number of ketones is 1. The summed E-state index contributed by atoms with van der Waals surface area (Å²) in [5.41, 5.74) is 2.29. The Labute approximate surface area is 199 Å². The minimum absolute atomic E-state index is 0.139. The van der Waals surface area contributed by atoms with E-state index in [4.69, 9.17) is 25.7 Å². The Bertz CT molecular complexity index is 1140. The molecule has 2 aromatic carbocycles. The molecular formula is C26H29N3O5. The second-order valence-corrected chi connectivity index (χ2v) is 7.59. The SMILES string of the molecule is C#Cc1cccc(Nc2ncnc3cc(OCCCCCC(=O)CO)c(OCCOC)cc23)c1. The number of hydrogen-bond donors (Lipinski definition) is 2. The van der Waals surface area contributed by atoms with Crippen molar-refractivity contribution in [2.24, 2.45) is 0 Å². The molecule has 2 N–H and O–H groups in total. The molecule has 0 aliphatic carbocycles. The van der Waals surface area contributed by atoms with Gasteiger partial charge in [0.05, 0.1) is 18.7 Å². The minimum atomic E-state index is -0.399. The fourth-order valence-electron chi connectivity index (χ4n) is 3.31. The Morgan fingerprint density at radius 2 is 1.88 bits per heavy atom. The molecule has 178 valence electrons. The highest BCUT2D eigenvalue weighted by Gasteiger charge is 2.13. The van der Waals surface area contributed by atoms with Gasteiger partial charge in [-0.2, -0.15) is 0 Å². The van der Waals surface area contributed by atoms with Crippen LogP contribution in [0.4, 0.5) is 11.5 Å². The van der Waals surface area contributed by atoms with E-state index >= 15 is 0 Å². The zero-order chi connectivity index (χ0) is 24.2. The maximum absolute atomic E-state index is 11.2. The average Bonchev–Trinajstić information content (AvgIpc) is 2.86. The number of methoxy groups -OCH3 is 1. The van der Waals surface area contributed by atoms with Gasteiger partial charge in [-0.3, -0.25) is 4.79 Å². The van der Waals surface area contributed by atoms with Crippen LogP contribution in [-0.4, -0.2) is 54.4 Å². The molecule has 0 spiro atoms. The third-order valence-electron chi connectivity index (χ3n) is 5.07. The number of rotatable bonds is 14. The lowest BCUT2D eigenvalue weighted by Crippen LogP contribution is -2.07. The van der Waals surface area contributed by atoms with E-state index in [1.807, 2.05) is 36.4 Å². The van der Waals surface area contributed by atoms with Crippen LogP contribution in [0.5, 0.6) is 11.5 Å². The monoisotopic (exact) mass is 463 g/mol. The number of ether oxygens (including phenoxy) is 3. The Balaban J connectivity index is 1.77. The topological polar surface area (TPSA) is 103 Å². The molecule has 8 heteroatoms. The summed E-state index contributed by atoms with van der Waals surface area (Å²) in [5.74, 6) is 4.25. The Morgan fingerprint density at radius 3 is 2.68 bits per heavy atom. The summed E-state index contributed by atoms with van der Waals surface area (Å²) in [4.78, 5) is 20.0. The van der Waals surface area contributed by atoms with Crippen LogP contribution in [0.2, 0.25) is 0 Å². The number of unbranched alkanes of at least 4 members (excludes halogenated alkanes) is 2. The summed E-state index contributed by atoms with van der Waals surface area (Å²) in [5, 5.41) is 12.9. The van der Waals surface area contributed by atoms with Gasteiger partial charge in [0.15, 0.2) is 17.3 Å². The second-order valence-electron chi connectivity index (χ2n) is 7.59. The number of Topliss-reactive ketones (excluding diaryl/α,β-unsaturated/α-hetero) is 1. The van der Waals surface area contributed by atoms with E-state index in [0.717, 1.165) is 35.9 Å². The number of hydrogen-bond acceptors (Lipinski definition) is 8. The minimum Gasteiger partial charge on any atom is -0.490 e. The molecule has 1 aromatic heterocycles. The van der Waals surface area contributed by atoms with E-state index in [2.05, 4.69) is 21.2 Å². The van der Waals surface area contributed by atoms with Crippen LogP contribution in [0.15, 0.2) is 42.7 Å². The molecule has 0 aliphatic heterocycles. The van der Waals surface area contributed by atoms with E-state index in [1.54, 1.807) is 7.11 Å². The van der Waals surface area contributed by atoms with Crippen LogP contribution in [0.1, 0.15) is 31.2 Å². The predicted molar refractivity (Wildman–Crippen MR) is 131 cm³/mol. The van der Waals surface area contributed by atoms with E-state index in [-0.39, 0.29) is 5.78 Å². The zero-order valence-electron chi connectivity index (χ0n) is 19.3. The number of nitrogens with zero attached hydrogens (tertiary/aromatic N) is 2. The smallest absolute Gasteiger partial charge is 0.163 e.